The van der Waals surface area contributed by atoms with Crippen LogP contribution in [0.4, 0.5) is 5.69 Å². The Balaban J connectivity index is 1.97. The van der Waals surface area contributed by atoms with Crippen LogP contribution in [0.1, 0.15) is 21.9 Å². The molecule has 0 aliphatic rings. The molecule has 0 unspecified atom stereocenters. The molecule has 2 aromatic heterocycles. The highest BCUT2D eigenvalue weighted by Crippen LogP contribution is 2.21. The molecule has 0 atom stereocenters. The van der Waals surface area contributed by atoms with Gasteiger partial charge in [0.25, 0.3) is 5.91 Å². The molecule has 0 radical (unpaired) electrons. The Hall–Kier alpha value is -2.82. The van der Waals surface area contributed by atoms with Gasteiger partial charge < -0.3 is 5.32 Å². The fourth-order valence-electron chi connectivity index (χ4n) is 2.20. The summed E-state index contributed by atoms with van der Waals surface area (Å²) in [6.07, 6.45) is 3.25. The molecule has 1 aromatic carbocycles. The predicted molar refractivity (Wildman–Crippen MR) is 81.2 cm³/mol. The average molecular weight is 278 g/mol. The maximum Gasteiger partial charge on any atom is 0.259 e. The first-order valence-electron chi connectivity index (χ1n) is 6.60. The molecule has 0 saturated carbocycles. The first-order chi connectivity index (χ1) is 10.1. The predicted octanol–water partition coefficient (Wildman–Crippen LogP) is 2.89. The van der Waals surface area contributed by atoms with Crippen molar-refractivity contribution < 1.29 is 4.79 Å². The number of carbonyl (C=O) groups is 1. The summed E-state index contributed by atoms with van der Waals surface area (Å²) in [5, 5.41) is 3.86. The van der Waals surface area contributed by atoms with Crippen LogP contribution in [0.3, 0.4) is 0 Å². The Bertz CT molecular complexity index is 824. The third-order valence-electron chi connectivity index (χ3n) is 3.23. The SMILES string of the molecule is Cc1ncc(C(=O)Nc2cccc3cccnc23)c(C)n1. The molecule has 0 aliphatic heterocycles. The lowest BCUT2D eigenvalue weighted by atomic mass is 10.1. The van der Waals surface area contributed by atoms with Crippen molar-refractivity contribution in [2.45, 2.75) is 13.8 Å². The number of nitrogens with one attached hydrogen (secondary N) is 1. The summed E-state index contributed by atoms with van der Waals surface area (Å²) < 4.78 is 0. The molecule has 0 fully saturated rings. The Labute approximate surface area is 122 Å². The molecule has 21 heavy (non-hydrogen) atoms. The minimum atomic E-state index is -0.231. The van der Waals surface area contributed by atoms with E-state index in [2.05, 4.69) is 20.3 Å². The van der Waals surface area contributed by atoms with Gasteiger partial charge in [-0.1, -0.05) is 18.2 Å². The monoisotopic (exact) mass is 278 g/mol. The van der Waals surface area contributed by atoms with Gasteiger partial charge in [-0.15, -0.1) is 0 Å². The Morgan fingerprint density at radius 1 is 1.10 bits per heavy atom. The molecule has 2 heterocycles. The fraction of sp³-hybridized carbons (Fsp3) is 0.125. The first-order valence-corrected chi connectivity index (χ1v) is 6.60. The maximum absolute atomic E-state index is 12.4. The number of anilines is 1. The van der Waals surface area contributed by atoms with Gasteiger partial charge in [-0.3, -0.25) is 9.78 Å². The van der Waals surface area contributed by atoms with E-state index in [1.54, 1.807) is 26.2 Å². The number of benzene rings is 1. The first kappa shape index (κ1) is 13.2. The van der Waals surface area contributed by atoms with Crippen molar-refractivity contribution in [3.63, 3.8) is 0 Å². The average Bonchev–Trinajstić information content (AvgIpc) is 2.47. The van der Waals surface area contributed by atoms with Crippen LogP contribution in [0.5, 0.6) is 0 Å². The largest absolute Gasteiger partial charge is 0.320 e. The molecule has 1 amide bonds. The highest BCUT2D eigenvalue weighted by molar-refractivity contribution is 6.08. The zero-order chi connectivity index (χ0) is 14.8. The van der Waals surface area contributed by atoms with Crippen molar-refractivity contribution in [2.75, 3.05) is 5.32 Å². The highest BCUT2D eigenvalue weighted by atomic mass is 16.1. The zero-order valence-corrected chi connectivity index (χ0v) is 11.8. The molecule has 5 heteroatoms. The molecule has 0 aliphatic carbocycles. The molecule has 5 nitrogen and oxygen atoms in total. The summed E-state index contributed by atoms with van der Waals surface area (Å²) in [4.78, 5) is 25.0. The lowest BCUT2D eigenvalue weighted by Gasteiger charge is -2.09. The number of aromatic nitrogens is 3. The van der Waals surface area contributed by atoms with E-state index in [1.165, 1.54) is 0 Å². The summed E-state index contributed by atoms with van der Waals surface area (Å²) in [7, 11) is 0. The Morgan fingerprint density at radius 3 is 2.71 bits per heavy atom. The number of pyridine rings is 1. The van der Waals surface area contributed by atoms with Gasteiger partial charge in [0.2, 0.25) is 0 Å². The Morgan fingerprint density at radius 2 is 1.90 bits per heavy atom. The molecular formula is C16H14N4O. The number of amides is 1. The van der Waals surface area contributed by atoms with Crippen molar-refractivity contribution in [1.29, 1.82) is 0 Å². The van der Waals surface area contributed by atoms with Gasteiger partial charge in [-0.25, -0.2) is 9.97 Å². The number of aryl methyl sites for hydroxylation is 2. The molecule has 3 rings (SSSR count). The number of para-hydroxylation sites is 1. The number of carbonyl (C=O) groups excluding carboxylic acids is 1. The second-order valence-corrected chi connectivity index (χ2v) is 4.75. The topological polar surface area (TPSA) is 67.8 Å². The van der Waals surface area contributed by atoms with Crippen LogP contribution >= 0.6 is 0 Å². The zero-order valence-electron chi connectivity index (χ0n) is 11.8. The smallest absolute Gasteiger partial charge is 0.259 e. The normalized spacial score (nSPS) is 10.6. The number of fused-ring (bicyclic) bond motifs is 1. The van der Waals surface area contributed by atoms with Crippen LogP contribution in [0.25, 0.3) is 10.9 Å². The van der Waals surface area contributed by atoms with Crippen LogP contribution in [0.2, 0.25) is 0 Å². The maximum atomic E-state index is 12.4. The molecule has 0 saturated heterocycles. The lowest BCUT2D eigenvalue weighted by molar-refractivity contribution is 0.102. The summed E-state index contributed by atoms with van der Waals surface area (Å²) in [5.74, 6) is 0.418. The molecule has 1 N–H and O–H groups in total. The van der Waals surface area contributed by atoms with Crippen LogP contribution in [0.15, 0.2) is 42.7 Å². The van der Waals surface area contributed by atoms with E-state index in [-0.39, 0.29) is 5.91 Å². The molecular weight excluding hydrogens is 264 g/mol. The van der Waals surface area contributed by atoms with E-state index in [0.717, 1.165) is 10.9 Å². The summed E-state index contributed by atoms with van der Waals surface area (Å²) >= 11 is 0. The van der Waals surface area contributed by atoms with Gasteiger partial charge in [0.1, 0.15) is 5.82 Å². The third-order valence-corrected chi connectivity index (χ3v) is 3.23. The van der Waals surface area contributed by atoms with Crippen LogP contribution in [-0.4, -0.2) is 20.9 Å². The summed E-state index contributed by atoms with van der Waals surface area (Å²) in [5.41, 5.74) is 2.57. The number of nitrogens with zero attached hydrogens (tertiary/aromatic N) is 3. The van der Waals surface area contributed by atoms with Crippen LogP contribution in [-0.2, 0) is 0 Å². The van der Waals surface area contributed by atoms with Gasteiger partial charge in [0, 0.05) is 17.8 Å². The van der Waals surface area contributed by atoms with Gasteiger partial charge in [-0.05, 0) is 26.0 Å². The Kier molecular flexibility index (Phi) is 3.31. The fourth-order valence-corrected chi connectivity index (χ4v) is 2.20. The minimum absolute atomic E-state index is 0.231. The van der Waals surface area contributed by atoms with E-state index >= 15 is 0 Å². The third kappa shape index (κ3) is 2.58. The van der Waals surface area contributed by atoms with Crippen LogP contribution in [0, 0.1) is 13.8 Å². The lowest BCUT2D eigenvalue weighted by Crippen LogP contribution is -2.15. The van der Waals surface area contributed by atoms with Crippen LogP contribution < -0.4 is 5.32 Å². The van der Waals surface area contributed by atoms with E-state index in [9.17, 15) is 4.79 Å². The molecule has 104 valence electrons. The van der Waals surface area contributed by atoms with E-state index < -0.39 is 0 Å². The summed E-state index contributed by atoms with van der Waals surface area (Å²) in [6, 6.07) is 9.50. The van der Waals surface area contributed by atoms with E-state index in [1.807, 2.05) is 30.3 Å². The summed E-state index contributed by atoms with van der Waals surface area (Å²) in [6.45, 7) is 3.59. The van der Waals surface area contributed by atoms with Crippen molar-refractivity contribution in [3.05, 3.63) is 59.8 Å². The number of hydrogen-bond acceptors (Lipinski definition) is 4. The van der Waals surface area contributed by atoms with Crippen molar-refractivity contribution >= 4 is 22.5 Å². The van der Waals surface area contributed by atoms with E-state index in [4.69, 9.17) is 0 Å². The molecule has 0 bridgehead atoms. The van der Waals surface area contributed by atoms with Gasteiger partial charge >= 0.3 is 0 Å². The second kappa shape index (κ2) is 5.28. The second-order valence-electron chi connectivity index (χ2n) is 4.75. The van der Waals surface area contributed by atoms with Crippen molar-refractivity contribution in [2.24, 2.45) is 0 Å². The van der Waals surface area contributed by atoms with E-state index in [0.29, 0.717) is 22.8 Å². The standard InChI is InChI=1S/C16H14N4O/c1-10-13(9-18-11(2)19-10)16(21)20-14-7-3-5-12-6-4-8-17-15(12)14/h3-9H,1-2H3,(H,20,21). The van der Waals surface area contributed by atoms with Gasteiger partial charge in [0.05, 0.1) is 22.5 Å². The number of rotatable bonds is 2. The quantitative estimate of drug-likeness (QED) is 0.782. The number of hydrogen-bond donors (Lipinski definition) is 1. The van der Waals surface area contributed by atoms with Crippen molar-refractivity contribution in [1.82, 2.24) is 15.0 Å². The van der Waals surface area contributed by atoms with Gasteiger partial charge in [0.15, 0.2) is 0 Å². The van der Waals surface area contributed by atoms with Crippen molar-refractivity contribution in [3.8, 4) is 0 Å². The minimum Gasteiger partial charge on any atom is -0.320 e. The highest BCUT2D eigenvalue weighted by Gasteiger charge is 2.12. The molecule has 0 spiro atoms. The van der Waals surface area contributed by atoms with Gasteiger partial charge in [-0.2, -0.15) is 0 Å². The molecule has 3 aromatic rings.